The highest BCUT2D eigenvalue weighted by atomic mass is 17.2. The highest BCUT2D eigenvalue weighted by molar-refractivity contribution is 6.31. The third-order valence-electron chi connectivity index (χ3n) is 2.70. The van der Waals surface area contributed by atoms with Gasteiger partial charge < -0.3 is 14.2 Å². The lowest BCUT2D eigenvalue weighted by Crippen LogP contribution is -2.48. The van der Waals surface area contributed by atoms with Crippen LogP contribution in [0.2, 0.25) is 0 Å². The molecule has 2 atom stereocenters. The van der Waals surface area contributed by atoms with E-state index in [0.29, 0.717) is 0 Å². The fourth-order valence-electron chi connectivity index (χ4n) is 1.72. The quantitative estimate of drug-likeness (QED) is 0.318. The number of cyclic esters (lactones) is 3. The van der Waals surface area contributed by atoms with Crippen molar-refractivity contribution in [2.75, 3.05) is 6.61 Å². The molecule has 0 aromatic heterocycles. The van der Waals surface area contributed by atoms with Crippen molar-refractivity contribution >= 4 is 24.1 Å². The summed E-state index contributed by atoms with van der Waals surface area (Å²) >= 11 is 0. The maximum atomic E-state index is 11.8. The Morgan fingerprint density at radius 1 is 1.29 bits per heavy atom. The van der Waals surface area contributed by atoms with Gasteiger partial charge in [0.15, 0.2) is 6.10 Å². The molecule has 2 unspecified atom stereocenters. The van der Waals surface area contributed by atoms with Crippen molar-refractivity contribution in [2.24, 2.45) is 5.92 Å². The lowest BCUT2D eigenvalue weighted by molar-refractivity contribution is -0.340. The largest absolute Gasteiger partial charge is 0.516 e. The lowest BCUT2D eigenvalue weighted by atomic mass is 9.90. The van der Waals surface area contributed by atoms with E-state index in [0.717, 1.165) is 0 Å². The van der Waals surface area contributed by atoms with Gasteiger partial charge in [-0.3, -0.25) is 9.68 Å². The lowest BCUT2D eigenvalue weighted by Gasteiger charge is -2.32. The Morgan fingerprint density at radius 2 is 1.90 bits per heavy atom. The van der Waals surface area contributed by atoms with Crippen molar-refractivity contribution in [3.8, 4) is 0 Å². The van der Waals surface area contributed by atoms with E-state index >= 15 is 0 Å². The van der Waals surface area contributed by atoms with Gasteiger partial charge in [0.2, 0.25) is 0 Å². The summed E-state index contributed by atoms with van der Waals surface area (Å²) in [6.07, 6.45) is -2.64. The fourth-order valence-corrected chi connectivity index (χ4v) is 1.72. The van der Waals surface area contributed by atoms with Crippen molar-refractivity contribution in [1.29, 1.82) is 0 Å². The predicted molar refractivity (Wildman–Crippen MR) is 63.4 cm³/mol. The van der Waals surface area contributed by atoms with Crippen LogP contribution in [0.1, 0.15) is 27.7 Å². The van der Waals surface area contributed by atoms with Crippen molar-refractivity contribution in [3.63, 3.8) is 0 Å². The number of ether oxygens (including phenoxy) is 3. The SMILES string of the molecule is CCOC(=O)C(C)C1OC(=O)OC(=O)C(=O)OOC1(C)C. The molecule has 0 aromatic carbocycles. The van der Waals surface area contributed by atoms with Gasteiger partial charge in [0, 0.05) is 0 Å². The van der Waals surface area contributed by atoms with Crippen molar-refractivity contribution < 1.29 is 43.2 Å². The van der Waals surface area contributed by atoms with Gasteiger partial charge in [0.25, 0.3) is 0 Å². The molecular weight excluding hydrogens is 288 g/mol. The van der Waals surface area contributed by atoms with E-state index in [-0.39, 0.29) is 6.61 Å². The first kappa shape index (κ1) is 16.9. The number of carbonyl (C=O) groups excluding carboxylic acids is 4. The Kier molecular flexibility index (Phi) is 5.25. The zero-order valence-electron chi connectivity index (χ0n) is 12.0. The van der Waals surface area contributed by atoms with Crippen LogP contribution in [0.25, 0.3) is 0 Å². The summed E-state index contributed by atoms with van der Waals surface area (Å²) in [5.74, 6) is -4.69. The van der Waals surface area contributed by atoms with E-state index in [4.69, 9.17) is 14.4 Å². The van der Waals surface area contributed by atoms with Gasteiger partial charge in [0.1, 0.15) is 5.60 Å². The number of carbonyl (C=O) groups is 4. The molecule has 1 rings (SSSR count). The molecular formula is C12H16O9. The molecule has 0 spiro atoms. The van der Waals surface area contributed by atoms with Gasteiger partial charge in [-0.2, -0.15) is 4.89 Å². The number of esters is 2. The molecule has 1 heterocycles. The highest BCUT2D eigenvalue weighted by Crippen LogP contribution is 2.27. The van der Waals surface area contributed by atoms with Crippen LogP contribution >= 0.6 is 0 Å². The topological polar surface area (TPSA) is 114 Å². The van der Waals surface area contributed by atoms with Crippen molar-refractivity contribution in [1.82, 2.24) is 0 Å². The van der Waals surface area contributed by atoms with Crippen LogP contribution in [-0.2, 0) is 38.4 Å². The second-order valence-electron chi connectivity index (χ2n) is 4.78. The predicted octanol–water partition coefficient (Wildman–Crippen LogP) is 0.501. The van der Waals surface area contributed by atoms with Crippen LogP contribution in [0.3, 0.4) is 0 Å². The molecule has 0 aromatic rings. The maximum absolute atomic E-state index is 11.8. The molecule has 9 heteroatoms. The average Bonchev–Trinajstić information content (AvgIpc) is 2.43. The van der Waals surface area contributed by atoms with Crippen LogP contribution in [0.5, 0.6) is 0 Å². The molecule has 0 N–H and O–H groups in total. The summed E-state index contributed by atoms with van der Waals surface area (Å²) in [5.41, 5.74) is -1.41. The summed E-state index contributed by atoms with van der Waals surface area (Å²) in [6.45, 7) is 6.00. The Hall–Kier alpha value is -2.16. The highest BCUT2D eigenvalue weighted by Gasteiger charge is 2.46. The summed E-state index contributed by atoms with van der Waals surface area (Å²) in [5, 5.41) is 0. The molecule has 0 amide bonds. The molecule has 1 aliphatic heterocycles. The van der Waals surface area contributed by atoms with Gasteiger partial charge in [-0.25, -0.2) is 14.4 Å². The zero-order chi connectivity index (χ0) is 16.2. The molecule has 0 radical (unpaired) electrons. The standard InChI is InChI=1S/C12H16O9/c1-5-17-8(13)6(2)7-12(3,4)21-20-10(15)9(14)19-11(16)18-7/h6-7H,5H2,1-4H3. The van der Waals surface area contributed by atoms with E-state index in [1.165, 1.54) is 20.8 Å². The third kappa shape index (κ3) is 4.15. The van der Waals surface area contributed by atoms with Gasteiger partial charge in [-0.15, -0.1) is 0 Å². The number of rotatable bonds is 3. The Balaban J connectivity index is 3.02. The molecule has 1 aliphatic rings. The summed E-state index contributed by atoms with van der Waals surface area (Å²) in [4.78, 5) is 54.5. The molecule has 0 aliphatic carbocycles. The van der Waals surface area contributed by atoms with Gasteiger partial charge in [-0.05, 0) is 27.7 Å². The van der Waals surface area contributed by atoms with E-state index in [1.807, 2.05) is 0 Å². The number of hydrogen-bond donors (Lipinski definition) is 0. The van der Waals surface area contributed by atoms with Crippen LogP contribution in [0.15, 0.2) is 0 Å². The van der Waals surface area contributed by atoms with Crippen LogP contribution < -0.4 is 0 Å². The van der Waals surface area contributed by atoms with E-state index in [9.17, 15) is 19.2 Å². The maximum Gasteiger partial charge on any atom is 0.516 e. The zero-order valence-corrected chi connectivity index (χ0v) is 12.0. The Labute approximate surface area is 120 Å². The van der Waals surface area contributed by atoms with Crippen LogP contribution in [0.4, 0.5) is 4.79 Å². The molecule has 21 heavy (non-hydrogen) atoms. The Morgan fingerprint density at radius 3 is 2.48 bits per heavy atom. The monoisotopic (exact) mass is 304 g/mol. The second kappa shape index (κ2) is 6.53. The molecule has 0 saturated carbocycles. The average molecular weight is 304 g/mol. The van der Waals surface area contributed by atoms with E-state index in [1.54, 1.807) is 6.92 Å². The molecule has 9 nitrogen and oxygen atoms in total. The van der Waals surface area contributed by atoms with Crippen molar-refractivity contribution in [3.05, 3.63) is 0 Å². The van der Waals surface area contributed by atoms with E-state index in [2.05, 4.69) is 9.62 Å². The smallest absolute Gasteiger partial charge is 0.466 e. The van der Waals surface area contributed by atoms with E-state index < -0.39 is 41.7 Å². The molecule has 0 bridgehead atoms. The Bertz CT molecular complexity index is 454. The van der Waals surface area contributed by atoms with Crippen LogP contribution in [-0.4, -0.2) is 42.4 Å². The fraction of sp³-hybridized carbons (Fsp3) is 0.667. The first-order valence-corrected chi connectivity index (χ1v) is 6.18. The third-order valence-corrected chi connectivity index (χ3v) is 2.70. The minimum atomic E-state index is -1.58. The van der Waals surface area contributed by atoms with Crippen LogP contribution in [0, 0.1) is 5.92 Å². The molecule has 118 valence electrons. The van der Waals surface area contributed by atoms with Crippen molar-refractivity contribution in [2.45, 2.75) is 39.4 Å². The van der Waals surface area contributed by atoms with Gasteiger partial charge in [0.05, 0.1) is 12.5 Å². The minimum absolute atomic E-state index is 0.134. The summed E-state index contributed by atoms with van der Waals surface area (Å²) in [7, 11) is 0. The first-order chi connectivity index (χ1) is 9.69. The molecule has 1 fully saturated rings. The summed E-state index contributed by atoms with van der Waals surface area (Å²) in [6, 6.07) is 0. The summed E-state index contributed by atoms with van der Waals surface area (Å²) < 4.78 is 13.8. The molecule has 1 saturated heterocycles. The first-order valence-electron chi connectivity index (χ1n) is 6.18. The number of hydrogen-bond acceptors (Lipinski definition) is 9. The second-order valence-corrected chi connectivity index (χ2v) is 4.78. The minimum Gasteiger partial charge on any atom is -0.466 e. The van der Waals surface area contributed by atoms with Gasteiger partial charge >= 0.3 is 24.1 Å². The normalized spacial score (nSPS) is 23.6. The van der Waals surface area contributed by atoms with Gasteiger partial charge in [-0.1, -0.05) is 0 Å².